The van der Waals surface area contributed by atoms with Crippen molar-refractivity contribution in [2.24, 2.45) is 28.6 Å². The van der Waals surface area contributed by atoms with Crippen molar-refractivity contribution < 1.29 is 4.79 Å². The number of hydrogen-bond donors (Lipinski definition) is 0. The monoisotopic (exact) mass is 286 g/mol. The molecule has 0 aromatic carbocycles. The zero-order valence-corrected chi connectivity index (χ0v) is 14.2. The highest BCUT2D eigenvalue weighted by Crippen LogP contribution is 2.65. The fourth-order valence-electron chi connectivity index (χ4n) is 6.00. The van der Waals surface area contributed by atoms with E-state index in [1.54, 1.807) is 0 Å². The summed E-state index contributed by atoms with van der Waals surface area (Å²) in [6.07, 6.45) is 9.22. The number of carbonyl (C=O) groups excluding carboxylic acids is 1. The van der Waals surface area contributed by atoms with Gasteiger partial charge in [0.1, 0.15) is 0 Å². The maximum atomic E-state index is 12.4. The molecule has 0 N–H and O–H groups in total. The molecule has 2 fully saturated rings. The van der Waals surface area contributed by atoms with Gasteiger partial charge in [-0.05, 0) is 80.1 Å². The fourth-order valence-corrected chi connectivity index (χ4v) is 6.00. The first-order valence-electron chi connectivity index (χ1n) is 8.63. The van der Waals surface area contributed by atoms with Gasteiger partial charge in [-0.2, -0.15) is 0 Å². The molecule has 1 heteroatoms. The Balaban J connectivity index is 1.98. The largest absolute Gasteiger partial charge is 0.295 e. The van der Waals surface area contributed by atoms with Crippen LogP contribution >= 0.6 is 0 Å². The predicted octanol–water partition coefficient (Wildman–Crippen LogP) is 5.32. The number of carbonyl (C=O) groups is 1. The van der Waals surface area contributed by atoms with Crippen LogP contribution in [-0.4, -0.2) is 5.78 Å². The summed E-state index contributed by atoms with van der Waals surface area (Å²) >= 11 is 0. The average molecular weight is 286 g/mol. The Labute approximate surface area is 129 Å². The van der Waals surface area contributed by atoms with Gasteiger partial charge >= 0.3 is 0 Å². The van der Waals surface area contributed by atoms with E-state index >= 15 is 0 Å². The van der Waals surface area contributed by atoms with Crippen molar-refractivity contribution in [1.82, 2.24) is 0 Å². The molecule has 1 nitrogen and oxygen atoms in total. The molecule has 0 aromatic heterocycles. The molecule has 0 radical (unpaired) electrons. The summed E-state index contributed by atoms with van der Waals surface area (Å²) in [5, 5.41) is 0. The summed E-state index contributed by atoms with van der Waals surface area (Å²) in [6, 6.07) is 0. The Kier molecular flexibility index (Phi) is 3.46. The Morgan fingerprint density at radius 2 is 2.00 bits per heavy atom. The summed E-state index contributed by atoms with van der Waals surface area (Å²) in [7, 11) is 0. The van der Waals surface area contributed by atoms with Crippen molar-refractivity contribution in [3.63, 3.8) is 0 Å². The van der Waals surface area contributed by atoms with E-state index in [0.717, 1.165) is 24.3 Å². The lowest BCUT2D eigenvalue weighted by molar-refractivity contribution is -0.121. The van der Waals surface area contributed by atoms with E-state index < -0.39 is 0 Å². The predicted molar refractivity (Wildman–Crippen MR) is 88.0 cm³/mol. The summed E-state index contributed by atoms with van der Waals surface area (Å²) in [5.41, 5.74) is 2.99. The molecule has 2 saturated carbocycles. The van der Waals surface area contributed by atoms with Crippen LogP contribution < -0.4 is 0 Å². The third kappa shape index (κ3) is 2.15. The highest BCUT2D eigenvalue weighted by atomic mass is 16.1. The summed E-state index contributed by atoms with van der Waals surface area (Å²) < 4.78 is 0. The molecular weight excluding hydrogens is 256 g/mol. The maximum absolute atomic E-state index is 12.4. The Morgan fingerprint density at radius 1 is 1.29 bits per heavy atom. The fraction of sp³-hybridized carbons (Fsp3) is 0.750. The third-order valence-electron chi connectivity index (χ3n) is 7.29. The zero-order chi connectivity index (χ0) is 15.4. The number of hydrogen-bond acceptors (Lipinski definition) is 1. The minimum atomic E-state index is 0.209. The molecular formula is C20H30O. The van der Waals surface area contributed by atoms with Crippen molar-refractivity contribution in [3.8, 4) is 0 Å². The van der Waals surface area contributed by atoms with E-state index in [9.17, 15) is 4.79 Å². The first kappa shape index (κ1) is 15.1. The smallest absolute Gasteiger partial charge is 0.158 e. The van der Waals surface area contributed by atoms with E-state index in [1.807, 2.05) is 6.92 Å². The van der Waals surface area contributed by atoms with Gasteiger partial charge in [0.2, 0.25) is 0 Å². The van der Waals surface area contributed by atoms with Crippen molar-refractivity contribution in [2.45, 2.75) is 66.2 Å². The van der Waals surface area contributed by atoms with Crippen molar-refractivity contribution >= 4 is 5.78 Å². The highest BCUT2D eigenvalue weighted by molar-refractivity contribution is 5.95. The molecule has 0 bridgehead atoms. The van der Waals surface area contributed by atoms with Gasteiger partial charge in [-0.15, -0.1) is 0 Å². The second-order valence-electron chi connectivity index (χ2n) is 8.57. The van der Waals surface area contributed by atoms with Gasteiger partial charge in [-0.25, -0.2) is 0 Å². The van der Waals surface area contributed by atoms with Crippen LogP contribution in [0.2, 0.25) is 0 Å². The van der Waals surface area contributed by atoms with Crippen LogP contribution in [0.3, 0.4) is 0 Å². The number of fused-ring (bicyclic) bond motifs is 3. The molecule has 0 amide bonds. The molecule has 21 heavy (non-hydrogen) atoms. The topological polar surface area (TPSA) is 17.1 Å². The number of ketones is 1. The highest BCUT2D eigenvalue weighted by Gasteiger charge is 2.58. The molecule has 3 aliphatic rings. The standard InChI is InChI=1S/C20H30O/c1-13(2)15-8-11-20(5)16(15)9-10-19(4)12-17(21)14(3)6-7-18(19)20/h6,15-16,18H,1,7-12H2,2-5H3/t15-,16-,18+,19+,20+/m0/s1. The van der Waals surface area contributed by atoms with E-state index in [0.29, 0.717) is 23.0 Å². The summed E-state index contributed by atoms with van der Waals surface area (Å²) in [4.78, 5) is 12.4. The van der Waals surface area contributed by atoms with Gasteiger partial charge in [0.25, 0.3) is 0 Å². The van der Waals surface area contributed by atoms with E-state index in [-0.39, 0.29) is 5.41 Å². The van der Waals surface area contributed by atoms with Crippen LogP contribution in [0.15, 0.2) is 23.8 Å². The zero-order valence-electron chi connectivity index (χ0n) is 14.2. The molecule has 0 saturated heterocycles. The number of rotatable bonds is 1. The van der Waals surface area contributed by atoms with Gasteiger partial charge < -0.3 is 0 Å². The minimum Gasteiger partial charge on any atom is -0.295 e. The van der Waals surface area contributed by atoms with E-state index in [1.165, 1.54) is 31.3 Å². The lowest BCUT2D eigenvalue weighted by Gasteiger charge is -2.54. The average Bonchev–Trinajstić information content (AvgIpc) is 2.68. The third-order valence-corrected chi connectivity index (χ3v) is 7.29. The first-order valence-corrected chi connectivity index (χ1v) is 8.63. The van der Waals surface area contributed by atoms with Crippen LogP contribution in [0.4, 0.5) is 0 Å². The second kappa shape index (κ2) is 4.83. The SMILES string of the molecule is C=C(C)[C@@H]1CC[C@@]2(C)[C@@H]3CC=C(C)C(=O)C[C@@]3(C)CC[C@@H]12. The summed E-state index contributed by atoms with van der Waals surface area (Å²) in [6.45, 7) is 13.4. The normalized spacial score (nSPS) is 46.4. The van der Waals surface area contributed by atoms with Gasteiger partial charge in [0.05, 0.1) is 0 Å². The first-order chi connectivity index (χ1) is 9.78. The summed E-state index contributed by atoms with van der Waals surface area (Å²) in [5.74, 6) is 2.55. The van der Waals surface area contributed by atoms with Gasteiger partial charge in [0, 0.05) is 6.42 Å². The van der Waals surface area contributed by atoms with Gasteiger partial charge in [-0.3, -0.25) is 4.79 Å². The van der Waals surface area contributed by atoms with Crippen LogP contribution in [0.1, 0.15) is 66.2 Å². The van der Waals surface area contributed by atoms with E-state index in [4.69, 9.17) is 0 Å². The van der Waals surface area contributed by atoms with Gasteiger partial charge in [-0.1, -0.05) is 32.1 Å². The van der Waals surface area contributed by atoms with Crippen molar-refractivity contribution in [2.75, 3.05) is 0 Å². The lowest BCUT2D eigenvalue weighted by atomic mass is 9.50. The second-order valence-corrected chi connectivity index (χ2v) is 8.57. The maximum Gasteiger partial charge on any atom is 0.158 e. The van der Waals surface area contributed by atoms with Crippen molar-refractivity contribution in [1.29, 1.82) is 0 Å². The lowest BCUT2D eigenvalue weighted by Crippen LogP contribution is -2.47. The Bertz CT molecular complexity index is 514. The Morgan fingerprint density at radius 3 is 2.67 bits per heavy atom. The molecule has 3 aliphatic carbocycles. The van der Waals surface area contributed by atoms with E-state index in [2.05, 4.69) is 33.4 Å². The van der Waals surface area contributed by atoms with Crippen LogP contribution in [0.5, 0.6) is 0 Å². The van der Waals surface area contributed by atoms with Crippen LogP contribution in [0, 0.1) is 28.6 Å². The molecule has 0 unspecified atom stereocenters. The van der Waals surface area contributed by atoms with Crippen molar-refractivity contribution in [3.05, 3.63) is 23.8 Å². The van der Waals surface area contributed by atoms with Crippen LogP contribution in [-0.2, 0) is 4.79 Å². The van der Waals surface area contributed by atoms with Gasteiger partial charge in [0.15, 0.2) is 5.78 Å². The number of Topliss-reactive ketones (excluding diaryl/α,β-unsaturated/α-hetero) is 1. The molecule has 116 valence electrons. The molecule has 0 aliphatic heterocycles. The number of allylic oxidation sites excluding steroid dienone is 3. The minimum absolute atomic E-state index is 0.209. The molecule has 0 aromatic rings. The molecule has 3 rings (SSSR count). The molecule has 0 heterocycles. The molecule has 0 spiro atoms. The Hall–Kier alpha value is -0.850. The van der Waals surface area contributed by atoms with Crippen LogP contribution in [0.25, 0.3) is 0 Å². The molecule has 5 atom stereocenters. The quantitative estimate of drug-likeness (QED) is 0.596.